The molecular weight excluding hydrogens is 444 g/mol. The van der Waals surface area contributed by atoms with Gasteiger partial charge in [0.2, 0.25) is 5.89 Å². The molecule has 174 valence electrons. The lowest BCUT2D eigenvalue weighted by Crippen LogP contribution is -2.47. The Hall–Kier alpha value is -4.60. The van der Waals surface area contributed by atoms with Crippen molar-refractivity contribution in [2.75, 3.05) is 36.0 Å². The van der Waals surface area contributed by atoms with E-state index in [1.807, 2.05) is 42.5 Å². The summed E-state index contributed by atoms with van der Waals surface area (Å²) in [6.45, 7) is 2.97. The molecule has 0 amide bonds. The number of hydrogen-bond donors (Lipinski definition) is 1. The largest absolute Gasteiger partial charge is 0.504 e. The van der Waals surface area contributed by atoms with Crippen LogP contribution in [0.5, 0.6) is 5.75 Å². The van der Waals surface area contributed by atoms with Crippen molar-refractivity contribution in [1.29, 1.82) is 0 Å². The van der Waals surface area contributed by atoms with Crippen molar-refractivity contribution >= 4 is 22.5 Å². The Morgan fingerprint density at radius 2 is 1.69 bits per heavy atom. The molecular formula is C25H22N8O2. The highest BCUT2D eigenvalue weighted by Gasteiger charge is 2.26. The van der Waals surface area contributed by atoms with Gasteiger partial charge in [-0.2, -0.15) is 0 Å². The molecule has 0 unspecified atom stereocenters. The highest BCUT2D eigenvalue weighted by Crippen LogP contribution is 2.37. The molecule has 1 aliphatic rings. The minimum Gasteiger partial charge on any atom is -0.504 e. The smallest absolute Gasteiger partial charge is 0.270 e. The Labute approximate surface area is 200 Å². The Morgan fingerprint density at radius 1 is 0.857 bits per heavy atom. The quantitative estimate of drug-likeness (QED) is 0.414. The Morgan fingerprint density at radius 3 is 2.49 bits per heavy atom. The van der Waals surface area contributed by atoms with Crippen LogP contribution in [0.1, 0.15) is 11.5 Å². The second-order valence-corrected chi connectivity index (χ2v) is 8.23. The number of hydrogen-bond acceptors (Lipinski definition) is 10. The van der Waals surface area contributed by atoms with Gasteiger partial charge in [0.1, 0.15) is 17.2 Å². The van der Waals surface area contributed by atoms with Gasteiger partial charge in [-0.05, 0) is 17.7 Å². The molecule has 0 atom stereocenters. The summed E-state index contributed by atoms with van der Waals surface area (Å²) in [4.78, 5) is 22.2. The van der Waals surface area contributed by atoms with Gasteiger partial charge >= 0.3 is 0 Å². The third kappa shape index (κ3) is 4.10. The summed E-state index contributed by atoms with van der Waals surface area (Å²) in [5.41, 5.74) is 1.74. The number of aromatic hydroxyl groups is 1. The first-order valence-corrected chi connectivity index (χ1v) is 11.4. The summed E-state index contributed by atoms with van der Waals surface area (Å²) in [6, 6.07) is 13.6. The number of piperazine rings is 1. The maximum atomic E-state index is 11.0. The van der Waals surface area contributed by atoms with Crippen LogP contribution in [0.2, 0.25) is 0 Å². The van der Waals surface area contributed by atoms with Gasteiger partial charge in [-0.15, -0.1) is 10.2 Å². The maximum absolute atomic E-state index is 11.0. The van der Waals surface area contributed by atoms with Crippen LogP contribution in [0.4, 0.5) is 11.6 Å². The number of aromatic nitrogens is 6. The molecule has 5 aromatic rings. The molecule has 4 aromatic heterocycles. The zero-order chi connectivity index (χ0) is 23.6. The van der Waals surface area contributed by atoms with Crippen molar-refractivity contribution < 1.29 is 9.52 Å². The van der Waals surface area contributed by atoms with E-state index in [4.69, 9.17) is 9.40 Å². The van der Waals surface area contributed by atoms with Crippen molar-refractivity contribution in [1.82, 2.24) is 30.1 Å². The minimum atomic E-state index is -0.0718. The molecule has 0 bridgehead atoms. The molecule has 10 heteroatoms. The fourth-order valence-corrected chi connectivity index (χ4v) is 4.29. The first-order valence-electron chi connectivity index (χ1n) is 11.4. The van der Waals surface area contributed by atoms with Gasteiger partial charge in [0.25, 0.3) is 5.89 Å². The first kappa shape index (κ1) is 21.0. The van der Waals surface area contributed by atoms with Crippen LogP contribution >= 0.6 is 0 Å². The van der Waals surface area contributed by atoms with E-state index in [1.54, 1.807) is 24.8 Å². The summed E-state index contributed by atoms with van der Waals surface area (Å²) in [5.74, 6) is 2.13. The number of pyridine rings is 2. The van der Waals surface area contributed by atoms with Gasteiger partial charge < -0.3 is 19.3 Å². The SMILES string of the molecule is Oc1c(-c2nnc(Cc3ccccc3)o2)nc(N2CCN(c3cnccn3)CC2)c2cccnc12. The second-order valence-electron chi connectivity index (χ2n) is 8.23. The van der Waals surface area contributed by atoms with Crippen LogP contribution in [0.3, 0.4) is 0 Å². The number of fused-ring (bicyclic) bond motifs is 1. The van der Waals surface area contributed by atoms with E-state index in [1.165, 1.54) is 0 Å². The molecule has 0 radical (unpaired) electrons. The fraction of sp³-hybridized carbons (Fsp3) is 0.200. The molecule has 5 heterocycles. The van der Waals surface area contributed by atoms with E-state index in [0.29, 0.717) is 17.8 Å². The van der Waals surface area contributed by atoms with Crippen LogP contribution in [-0.4, -0.2) is 61.4 Å². The van der Waals surface area contributed by atoms with Crippen LogP contribution < -0.4 is 9.80 Å². The van der Waals surface area contributed by atoms with E-state index in [-0.39, 0.29) is 17.3 Å². The van der Waals surface area contributed by atoms with Crippen molar-refractivity contribution in [2.45, 2.75) is 6.42 Å². The summed E-state index contributed by atoms with van der Waals surface area (Å²) in [5, 5.41) is 20.1. The molecule has 0 aliphatic carbocycles. The van der Waals surface area contributed by atoms with Crippen molar-refractivity contribution in [3.05, 3.63) is 78.7 Å². The number of nitrogens with zero attached hydrogens (tertiary/aromatic N) is 8. The van der Waals surface area contributed by atoms with Gasteiger partial charge in [0.15, 0.2) is 11.4 Å². The molecule has 35 heavy (non-hydrogen) atoms. The summed E-state index contributed by atoms with van der Waals surface area (Å²) < 4.78 is 5.91. The molecule has 1 fully saturated rings. The average Bonchev–Trinajstić information content (AvgIpc) is 3.38. The lowest BCUT2D eigenvalue weighted by Gasteiger charge is -2.36. The summed E-state index contributed by atoms with van der Waals surface area (Å²) in [7, 11) is 0. The van der Waals surface area contributed by atoms with E-state index in [9.17, 15) is 5.11 Å². The van der Waals surface area contributed by atoms with Crippen molar-refractivity contribution in [3.63, 3.8) is 0 Å². The van der Waals surface area contributed by atoms with Gasteiger partial charge in [0, 0.05) is 50.2 Å². The zero-order valence-electron chi connectivity index (χ0n) is 18.8. The summed E-state index contributed by atoms with van der Waals surface area (Å²) >= 11 is 0. The molecule has 6 rings (SSSR count). The second kappa shape index (κ2) is 8.98. The zero-order valence-corrected chi connectivity index (χ0v) is 18.8. The maximum Gasteiger partial charge on any atom is 0.270 e. The van der Waals surface area contributed by atoms with E-state index >= 15 is 0 Å². The fourth-order valence-electron chi connectivity index (χ4n) is 4.29. The summed E-state index contributed by atoms with van der Waals surface area (Å²) in [6.07, 6.45) is 7.29. The predicted octanol–water partition coefficient (Wildman–Crippen LogP) is 3.09. The van der Waals surface area contributed by atoms with Crippen molar-refractivity contribution in [2.24, 2.45) is 0 Å². The number of benzene rings is 1. The standard InChI is InChI=1S/C25H22N8O2/c34-23-21-18(7-4-8-28-21)24(33-13-11-32(12-14-33)19-16-26-9-10-27-19)29-22(23)25-31-30-20(35-25)15-17-5-2-1-3-6-17/h1-10,16,34H,11-15H2. The minimum absolute atomic E-state index is 0.0718. The number of rotatable bonds is 5. The lowest BCUT2D eigenvalue weighted by molar-refractivity contribution is 0.470. The van der Waals surface area contributed by atoms with Crippen LogP contribution in [-0.2, 0) is 6.42 Å². The average molecular weight is 467 g/mol. The molecule has 1 N–H and O–H groups in total. The van der Waals surface area contributed by atoms with Crippen LogP contribution in [0, 0.1) is 0 Å². The topological polar surface area (TPSA) is 117 Å². The van der Waals surface area contributed by atoms with Gasteiger partial charge in [-0.3, -0.25) is 9.97 Å². The van der Waals surface area contributed by atoms with E-state index < -0.39 is 0 Å². The first-order chi connectivity index (χ1) is 17.3. The molecule has 1 saturated heterocycles. The van der Waals surface area contributed by atoms with Crippen LogP contribution in [0.25, 0.3) is 22.5 Å². The van der Waals surface area contributed by atoms with E-state index in [0.717, 1.165) is 48.8 Å². The molecule has 0 saturated carbocycles. The Balaban J connectivity index is 1.32. The highest BCUT2D eigenvalue weighted by molar-refractivity contribution is 5.97. The third-order valence-corrected chi connectivity index (χ3v) is 6.04. The lowest BCUT2D eigenvalue weighted by atomic mass is 10.1. The monoisotopic (exact) mass is 466 g/mol. The highest BCUT2D eigenvalue weighted by atomic mass is 16.4. The molecule has 10 nitrogen and oxygen atoms in total. The van der Waals surface area contributed by atoms with E-state index in [2.05, 4.69) is 34.9 Å². The van der Waals surface area contributed by atoms with Crippen molar-refractivity contribution in [3.8, 4) is 17.3 Å². The Bertz CT molecular complexity index is 1450. The van der Waals surface area contributed by atoms with Gasteiger partial charge in [-0.25, -0.2) is 9.97 Å². The normalized spacial score (nSPS) is 13.9. The molecule has 1 aromatic carbocycles. The number of anilines is 2. The van der Waals surface area contributed by atoms with Crippen LogP contribution in [0.15, 0.2) is 71.7 Å². The molecule has 0 spiro atoms. The van der Waals surface area contributed by atoms with Gasteiger partial charge in [-0.1, -0.05) is 30.3 Å². The van der Waals surface area contributed by atoms with Gasteiger partial charge in [0.05, 0.1) is 12.6 Å². The third-order valence-electron chi connectivity index (χ3n) is 6.04. The molecule has 1 aliphatic heterocycles. The Kier molecular flexibility index (Phi) is 5.38. The predicted molar refractivity (Wildman–Crippen MR) is 130 cm³/mol.